The van der Waals surface area contributed by atoms with Crippen molar-refractivity contribution in [1.29, 1.82) is 0 Å². The largest absolute Gasteiger partial charge is 0.495 e. The molecule has 9 nitrogen and oxygen atoms in total. The molecule has 0 aliphatic heterocycles. The van der Waals surface area contributed by atoms with Gasteiger partial charge in [-0.2, -0.15) is 0 Å². The minimum Gasteiger partial charge on any atom is -0.495 e. The highest BCUT2D eigenvalue weighted by Gasteiger charge is 2.22. The van der Waals surface area contributed by atoms with Crippen LogP contribution in [0.5, 0.6) is 11.5 Å². The van der Waals surface area contributed by atoms with Gasteiger partial charge in [0.15, 0.2) is 0 Å². The number of hydrazine groups is 1. The number of carbonyl (C=O) groups is 2. The van der Waals surface area contributed by atoms with Gasteiger partial charge in [-0.3, -0.25) is 25.2 Å². The van der Waals surface area contributed by atoms with Gasteiger partial charge in [0.05, 0.1) is 18.7 Å². The number of ether oxygens (including phenoxy) is 2. The summed E-state index contributed by atoms with van der Waals surface area (Å²) in [6.07, 6.45) is 0.421. The molecule has 0 saturated carbocycles. The molecule has 0 aromatic heterocycles. The molecule has 0 atom stereocenters. The number of sulfonamides is 1. The number of amides is 2. The van der Waals surface area contributed by atoms with Gasteiger partial charge in [-0.25, -0.2) is 8.42 Å². The minimum atomic E-state index is -4.07. The van der Waals surface area contributed by atoms with Crippen LogP contribution < -0.4 is 25.0 Å². The topological polar surface area (TPSA) is 123 Å². The molecular weight excluding hydrogens is 541 g/mol. The summed E-state index contributed by atoms with van der Waals surface area (Å²) in [5.74, 6) is -0.656. The summed E-state index contributed by atoms with van der Waals surface area (Å²) >= 11 is 11.9. The standard InChI is InChI=1S/C25H25Cl2N3O6S/c1-16-5-9-19(10-6-16)30-37(33,34)23-14-17(7-11-22(23)35-2)25(32)29-28-24(31)4-3-13-36-21-12-8-18(26)15-20(21)27/h5-12,14-15,30H,3-4,13H2,1-2H3,(H,28,31)(H,29,32). The number of benzene rings is 3. The number of halogens is 2. The fourth-order valence-electron chi connectivity index (χ4n) is 3.13. The third-order valence-corrected chi connectivity index (χ3v) is 6.97. The normalized spacial score (nSPS) is 10.9. The number of carbonyl (C=O) groups excluding carboxylic acids is 2. The second-order valence-electron chi connectivity index (χ2n) is 7.87. The highest BCUT2D eigenvalue weighted by Crippen LogP contribution is 2.28. The number of hydrogen-bond donors (Lipinski definition) is 3. The fourth-order valence-corrected chi connectivity index (χ4v) is 4.85. The Bertz CT molecular complexity index is 1380. The molecule has 0 aliphatic carbocycles. The van der Waals surface area contributed by atoms with Gasteiger partial charge in [-0.1, -0.05) is 40.9 Å². The Labute approximate surface area is 225 Å². The number of rotatable bonds is 10. The number of methoxy groups -OCH3 is 1. The van der Waals surface area contributed by atoms with Crippen molar-refractivity contribution in [3.8, 4) is 11.5 Å². The zero-order valence-corrected chi connectivity index (χ0v) is 22.3. The highest BCUT2D eigenvalue weighted by molar-refractivity contribution is 7.92. The first-order valence-electron chi connectivity index (χ1n) is 11.0. The van der Waals surface area contributed by atoms with Crippen LogP contribution in [-0.2, 0) is 14.8 Å². The summed E-state index contributed by atoms with van der Waals surface area (Å²) in [4.78, 5) is 24.4. The van der Waals surface area contributed by atoms with Crippen molar-refractivity contribution in [3.63, 3.8) is 0 Å². The van der Waals surface area contributed by atoms with E-state index in [9.17, 15) is 18.0 Å². The first kappa shape index (κ1) is 28.1. The van der Waals surface area contributed by atoms with Crippen LogP contribution in [0.25, 0.3) is 0 Å². The molecule has 12 heteroatoms. The molecule has 3 N–H and O–H groups in total. The Morgan fingerprint density at radius 2 is 1.62 bits per heavy atom. The van der Waals surface area contributed by atoms with Gasteiger partial charge in [-0.05, 0) is 61.9 Å². The molecule has 2 amide bonds. The van der Waals surface area contributed by atoms with Gasteiger partial charge in [0.2, 0.25) is 5.91 Å². The fraction of sp³-hybridized carbons (Fsp3) is 0.200. The third-order valence-electron chi connectivity index (χ3n) is 5.03. The zero-order chi connectivity index (χ0) is 27.0. The molecule has 3 aromatic carbocycles. The van der Waals surface area contributed by atoms with E-state index in [-0.39, 0.29) is 29.2 Å². The van der Waals surface area contributed by atoms with Gasteiger partial charge < -0.3 is 9.47 Å². The Morgan fingerprint density at radius 3 is 2.30 bits per heavy atom. The van der Waals surface area contributed by atoms with Gasteiger partial charge in [0, 0.05) is 22.7 Å². The lowest BCUT2D eigenvalue weighted by Crippen LogP contribution is -2.41. The molecule has 0 unspecified atom stereocenters. The van der Waals surface area contributed by atoms with Crippen LogP contribution in [0.2, 0.25) is 10.0 Å². The van der Waals surface area contributed by atoms with Crippen LogP contribution in [0, 0.1) is 6.92 Å². The maximum absolute atomic E-state index is 13.0. The third kappa shape index (κ3) is 8.01. The minimum absolute atomic E-state index is 0.00564. The Balaban J connectivity index is 1.56. The highest BCUT2D eigenvalue weighted by atomic mass is 35.5. The smallest absolute Gasteiger partial charge is 0.269 e. The predicted molar refractivity (Wildman–Crippen MR) is 142 cm³/mol. The molecule has 0 saturated heterocycles. The number of aryl methyl sites for hydroxylation is 1. The van der Waals surface area contributed by atoms with Crippen LogP contribution in [0.3, 0.4) is 0 Å². The van der Waals surface area contributed by atoms with Crippen molar-refractivity contribution < 1.29 is 27.5 Å². The van der Waals surface area contributed by atoms with E-state index in [1.807, 2.05) is 6.92 Å². The summed E-state index contributed by atoms with van der Waals surface area (Å²) in [5, 5.41) is 0.843. The molecule has 0 heterocycles. The molecule has 3 aromatic rings. The first-order valence-corrected chi connectivity index (χ1v) is 13.3. The van der Waals surface area contributed by atoms with E-state index in [2.05, 4.69) is 15.6 Å². The van der Waals surface area contributed by atoms with Crippen molar-refractivity contribution in [2.75, 3.05) is 18.4 Å². The van der Waals surface area contributed by atoms with E-state index in [0.29, 0.717) is 27.9 Å². The molecule has 0 bridgehead atoms. The van der Waals surface area contributed by atoms with Crippen LogP contribution in [0.1, 0.15) is 28.8 Å². The zero-order valence-electron chi connectivity index (χ0n) is 20.0. The molecule has 3 rings (SSSR count). The van der Waals surface area contributed by atoms with Crippen LogP contribution in [0.15, 0.2) is 65.6 Å². The Kier molecular flexibility index (Phi) is 9.62. The van der Waals surface area contributed by atoms with Gasteiger partial charge in [0.1, 0.15) is 16.4 Å². The summed E-state index contributed by atoms with van der Waals surface area (Å²) in [7, 11) is -2.75. The van der Waals surface area contributed by atoms with Gasteiger partial charge >= 0.3 is 0 Å². The molecule has 37 heavy (non-hydrogen) atoms. The van der Waals surface area contributed by atoms with E-state index < -0.39 is 21.8 Å². The van der Waals surface area contributed by atoms with E-state index >= 15 is 0 Å². The SMILES string of the molecule is COc1ccc(C(=O)NNC(=O)CCCOc2ccc(Cl)cc2Cl)cc1S(=O)(=O)Nc1ccc(C)cc1. The van der Waals surface area contributed by atoms with E-state index in [4.69, 9.17) is 32.7 Å². The second kappa shape index (κ2) is 12.7. The van der Waals surface area contributed by atoms with Crippen molar-refractivity contribution >= 4 is 50.7 Å². The van der Waals surface area contributed by atoms with Crippen LogP contribution in [-0.4, -0.2) is 33.9 Å². The maximum atomic E-state index is 13.0. The quantitative estimate of drug-likeness (QED) is 0.241. The summed E-state index contributed by atoms with van der Waals surface area (Å²) in [6, 6.07) is 15.5. The molecular formula is C25H25Cl2N3O6S. The summed E-state index contributed by atoms with van der Waals surface area (Å²) in [5.41, 5.74) is 5.91. The molecule has 0 fully saturated rings. The lowest BCUT2D eigenvalue weighted by Gasteiger charge is -2.14. The lowest BCUT2D eigenvalue weighted by atomic mass is 10.2. The van der Waals surface area contributed by atoms with Crippen LogP contribution >= 0.6 is 23.2 Å². The van der Waals surface area contributed by atoms with Gasteiger partial charge in [-0.15, -0.1) is 0 Å². The van der Waals surface area contributed by atoms with E-state index in [1.165, 1.54) is 25.3 Å². The summed E-state index contributed by atoms with van der Waals surface area (Å²) in [6.45, 7) is 2.10. The average molecular weight is 566 g/mol. The Morgan fingerprint density at radius 1 is 0.919 bits per heavy atom. The van der Waals surface area contributed by atoms with Crippen molar-refractivity contribution in [3.05, 3.63) is 81.8 Å². The lowest BCUT2D eigenvalue weighted by molar-refractivity contribution is -0.122. The maximum Gasteiger partial charge on any atom is 0.269 e. The molecule has 0 aliphatic rings. The average Bonchev–Trinajstić information content (AvgIpc) is 2.87. The predicted octanol–water partition coefficient (Wildman–Crippen LogP) is 4.73. The van der Waals surface area contributed by atoms with E-state index in [0.717, 1.165) is 5.56 Å². The van der Waals surface area contributed by atoms with E-state index in [1.54, 1.807) is 42.5 Å². The molecule has 196 valence electrons. The first-order chi connectivity index (χ1) is 17.6. The molecule has 0 radical (unpaired) electrons. The van der Waals surface area contributed by atoms with Crippen molar-refractivity contribution in [2.45, 2.75) is 24.7 Å². The number of anilines is 1. The van der Waals surface area contributed by atoms with Crippen molar-refractivity contribution in [2.24, 2.45) is 0 Å². The number of nitrogens with one attached hydrogen (secondary N) is 3. The van der Waals surface area contributed by atoms with Crippen molar-refractivity contribution in [1.82, 2.24) is 10.9 Å². The van der Waals surface area contributed by atoms with Crippen LogP contribution in [0.4, 0.5) is 5.69 Å². The second-order valence-corrected chi connectivity index (χ2v) is 10.4. The van der Waals surface area contributed by atoms with Gasteiger partial charge in [0.25, 0.3) is 15.9 Å². The summed E-state index contributed by atoms with van der Waals surface area (Å²) < 4.78 is 39.1. The monoisotopic (exact) mass is 565 g/mol. The molecule has 0 spiro atoms. The number of hydrogen-bond acceptors (Lipinski definition) is 6. The Hall–Kier alpha value is -3.47.